The molecule has 130 valence electrons. The second kappa shape index (κ2) is 8.44. The molecule has 0 spiro atoms. The van der Waals surface area contributed by atoms with Gasteiger partial charge in [-0.05, 0) is 25.5 Å². The minimum absolute atomic E-state index is 0.0279. The Hall–Kier alpha value is -2.41. The second-order valence-electron chi connectivity index (χ2n) is 5.65. The van der Waals surface area contributed by atoms with Gasteiger partial charge >= 0.3 is 0 Å². The van der Waals surface area contributed by atoms with Crippen LogP contribution in [0.25, 0.3) is 6.08 Å². The van der Waals surface area contributed by atoms with Gasteiger partial charge in [0.2, 0.25) is 0 Å². The normalized spacial score (nSPS) is 12.0. The van der Waals surface area contributed by atoms with Gasteiger partial charge in [0.15, 0.2) is 17.4 Å². The first-order valence-corrected chi connectivity index (χ1v) is 8.06. The van der Waals surface area contributed by atoms with E-state index in [1.165, 1.54) is 0 Å². The zero-order valence-corrected chi connectivity index (χ0v) is 14.5. The Morgan fingerprint density at radius 3 is 2.88 bits per heavy atom. The Labute approximate surface area is 142 Å². The van der Waals surface area contributed by atoms with Crippen molar-refractivity contribution >= 4 is 11.9 Å². The molecule has 7 heteroatoms. The summed E-state index contributed by atoms with van der Waals surface area (Å²) in [5.41, 5.74) is 1.90. The number of ether oxygens (including phenoxy) is 1. The highest BCUT2D eigenvalue weighted by Crippen LogP contribution is 2.24. The first-order chi connectivity index (χ1) is 11.6. The summed E-state index contributed by atoms with van der Waals surface area (Å²) in [7, 11) is 1.89. The summed E-state index contributed by atoms with van der Waals surface area (Å²) in [5.74, 6) is 1.59. The second-order valence-corrected chi connectivity index (χ2v) is 5.65. The van der Waals surface area contributed by atoms with Crippen LogP contribution in [0, 0.1) is 6.92 Å². The molecule has 0 saturated heterocycles. The van der Waals surface area contributed by atoms with Crippen molar-refractivity contribution in [3.63, 3.8) is 0 Å². The van der Waals surface area contributed by atoms with Crippen LogP contribution in [0.4, 0.5) is 5.82 Å². The van der Waals surface area contributed by atoms with Crippen LogP contribution in [-0.4, -0.2) is 37.5 Å². The third-order valence-corrected chi connectivity index (χ3v) is 3.69. The predicted molar refractivity (Wildman–Crippen MR) is 93.8 cm³/mol. The van der Waals surface area contributed by atoms with Crippen LogP contribution in [0.1, 0.15) is 37.0 Å². The van der Waals surface area contributed by atoms with Crippen molar-refractivity contribution in [2.24, 2.45) is 7.05 Å². The molecule has 0 aliphatic carbocycles. The summed E-state index contributed by atoms with van der Waals surface area (Å²) in [6.07, 6.45) is 4.98. The number of hydrogen-bond donors (Lipinski definition) is 2. The number of aliphatic hydroxyl groups excluding tert-OH is 1. The fraction of sp³-hybridized carbons (Fsp3) is 0.471. The van der Waals surface area contributed by atoms with Crippen molar-refractivity contribution in [2.75, 3.05) is 11.9 Å². The number of anilines is 1. The lowest BCUT2D eigenvalue weighted by molar-refractivity contribution is 0.266. The lowest BCUT2D eigenvalue weighted by atomic mass is 10.2. The lowest BCUT2D eigenvalue weighted by Gasteiger charge is -2.18. The van der Waals surface area contributed by atoms with Gasteiger partial charge in [-0.25, -0.2) is 9.97 Å². The summed E-state index contributed by atoms with van der Waals surface area (Å²) < 4.78 is 7.64. The molecule has 0 bridgehead atoms. The van der Waals surface area contributed by atoms with Crippen molar-refractivity contribution in [2.45, 2.75) is 39.3 Å². The molecule has 2 N–H and O–H groups in total. The maximum Gasteiger partial charge on any atom is 0.180 e. The molecule has 0 saturated carbocycles. The molecule has 0 aliphatic heterocycles. The van der Waals surface area contributed by atoms with Gasteiger partial charge in [-0.2, -0.15) is 5.10 Å². The van der Waals surface area contributed by atoms with Gasteiger partial charge in [0.05, 0.1) is 18.8 Å². The van der Waals surface area contributed by atoms with Gasteiger partial charge in [-0.3, -0.25) is 4.68 Å². The van der Waals surface area contributed by atoms with E-state index in [0.717, 1.165) is 24.2 Å². The van der Waals surface area contributed by atoms with Gasteiger partial charge in [0, 0.05) is 12.7 Å². The zero-order chi connectivity index (χ0) is 17.5. The standard InChI is InChI=1S/C17H25N5O2/c1-5-7-13(10-23)19-17-15(9-18-16(6-2)20-17)24-11-14-8-12(3)22(4)21-14/h6,8-9,13,23H,2,5,7,10-11H2,1,3-4H3,(H,18,19,20)/t13-/m0/s1. The molecule has 24 heavy (non-hydrogen) atoms. The highest BCUT2D eigenvalue weighted by atomic mass is 16.5. The monoisotopic (exact) mass is 331 g/mol. The van der Waals surface area contributed by atoms with Crippen LogP contribution in [0.5, 0.6) is 5.75 Å². The Morgan fingerprint density at radius 1 is 1.50 bits per heavy atom. The lowest BCUT2D eigenvalue weighted by Crippen LogP contribution is -2.24. The van der Waals surface area contributed by atoms with E-state index in [9.17, 15) is 5.11 Å². The molecule has 0 fully saturated rings. The Morgan fingerprint density at radius 2 is 2.29 bits per heavy atom. The van der Waals surface area contributed by atoms with Crippen molar-refractivity contribution < 1.29 is 9.84 Å². The van der Waals surface area contributed by atoms with Crippen LogP contribution < -0.4 is 10.1 Å². The molecule has 7 nitrogen and oxygen atoms in total. The van der Waals surface area contributed by atoms with E-state index >= 15 is 0 Å². The Kier molecular flexibility index (Phi) is 6.31. The quantitative estimate of drug-likeness (QED) is 0.733. The SMILES string of the molecule is C=Cc1ncc(OCc2cc(C)n(C)n2)c(N[C@H](CO)CCC)n1. The van der Waals surface area contributed by atoms with Gasteiger partial charge in [-0.1, -0.05) is 19.9 Å². The maximum atomic E-state index is 9.50. The van der Waals surface area contributed by atoms with Gasteiger partial charge < -0.3 is 15.2 Å². The minimum Gasteiger partial charge on any atom is -0.482 e. The van der Waals surface area contributed by atoms with Gasteiger partial charge in [-0.15, -0.1) is 0 Å². The van der Waals surface area contributed by atoms with E-state index in [2.05, 4.69) is 33.9 Å². The minimum atomic E-state index is -0.0815. The van der Waals surface area contributed by atoms with Crippen molar-refractivity contribution in [1.29, 1.82) is 0 Å². The molecule has 0 aliphatic rings. The molecule has 2 aromatic heterocycles. The van der Waals surface area contributed by atoms with Gasteiger partial charge in [0.25, 0.3) is 0 Å². The van der Waals surface area contributed by atoms with E-state index in [-0.39, 0.29) is 12.6 Å². The summed E-state index contributed by atoms with van der Waals surface area (Å²) >= 11 is 0. The van der Waals surface area contributed by atoms with E-state index in [4.69, 9.17) is 4.74 Å². The van der Waals surface area contributed by atoms with Crippen LogP contribution in [0.15, 0.2) is 18.8 Å². The number of rotatable bonds is 9. The topological polar surface area (TPSA) is 85.1 Å². The highest BCUT2D eigenvalue weighted by molar-refractivity contribution is 5.52. The number of nitrogens with zero attached hydrogens (tertiary/aromatic N) is 4. The summed E-state index contributed by atoms with van der Waals surface area (Å²) in [6, 6.07) is 1.89. The fourth-order valence-electron chi connectivity index (χ4n) is 2.30. The van der Waals surface area contributed by atoms with Crippen LogP contribution in [-0.2, 0) is 13.7 Å². The molecule has 0 aromatic carbocycles. The summed E-state index contributed by atoms with van der Waals surface area (Å²) in [6.45, 7) is 8.10. The molecular formula is C17H25N5O2. The largest absolute Gasteiger partial charge is 0.482 e. The number of aromatic nitrogens is 4. The Bertz CT molecular complexity index is 664. The first-order valence-electron chi connectivity index (χ1n) is 8.06. The number of aryl methyl sites for hydroxylation is 2. The molecule has 2 rings (SSSR count). The van der Waals surface area contributed by atoms with Gasteiger partial charge in [0.1, 0.15) is 12.3 Å². The number of hydrogen-bond acceptors (Lipinski definition) is 6. The van der Waals surface area contributed by atoms with E-state index in [1.807, 2.05) is 20.0 Å². The summed E-state index contributed by atoms with van der Waals surface area (Å²) in [4.78, 5) is 8.58. The zero-order valence-electron chi connectivity index (χ0n) is 14.5. The van der Waals surface area contributed by atoms with Crippen molar-refractivity contribution in [1.82, 2.24) is 19.7 Å². The van der Waals surface area contributed by atoms with E-state index < -0.39 is 0 Å². The van der Waals surface area contributed by atoms with Crippen LogP contribution >= 0.6 is 0 Å². The third-order valence-electron chi connectivity index (χ3n) is 3.69. The molecule has 1 atom stereocenters. The van der Waals surface area contributed by atoms with Crippen LogP contribution in [0.3, 0.4) is 0 Å². The average molecular weight is 331 g/mol. The Balaban J connectivity index is 2.16. The third kappa shape index (κ3) is 4.55. The van der Waals surface area contributed by atoms with E-state index in [0.29, 0.717) is 24.0 Å². The van der Waals surface area contributed by atoms with Crippen LogP contribution in [0.2, 0.25) is 0 Å². The predicted octanol–water partition coefficient (Wildman–Crippen LogP) is 2.31. The molecule has 2 heterocycles. The van der Waals surface area contributed by atoms with Crippen molar-refractivity contribution in [3.8, 4) is 5.75 Å². The summed E-state index contributed by atoms with van der Waals surface area (Å²) in [5, 5.41) is 17.1. The molecule has 0 amide bonds. The molecular weight excluding hydrogens is 306 g/mol. The molecule has 0 radical (unpaired) electrons. The van der Waals surface area contributed by atoms with E-state index in [1.54, 1.807) is 17.0 Å². The maximum absolute atomic E-state index is 9.50. The number of aliphatic hydroxyl groups is 1. The first kappa shape index (κ1) is 17.9. The molecule has 0 unspecified atom stereocenters. The molecule has 2 aromatic rings. The number of nitrogens with one attached hydrogen (secondary N) is 1. The fourth-order valence-corrected chi connectivity index (χ4v) is 2.30. The smallest absolute Gasteiger partial charge is 0.180 e. The average Bonchev–Trinajstić information content (AvgIpc) is 2.91. The highest BCUT2D eigenvalue weighted by Gasteiger charge is 2.13. The van der Waals surface area contributed by atoms with Crippen molar-refractivity contribution in [3.05, 3.63) is 36.1 Å².